The van der Waals surface area contributed by atoms with Crippen LogP contribution in [0.3, 0.4) is 0 Å². The van der Waals surface area contributed by atoms with Crippen LogP contribution in [0.4, 0.5) is 5.69 Å². The molecule has 0 radical (unpaired) electrons. The predicted molar refractivity (Wildman–Crippen MR) is 79.7 cm³/mol. The highest BCUT2D eigenvalue weighted by Gasteiger charge is 2.23. The molecule has 0 aliphatic carbocycles. The van der Waals surface area contributed by atoms with Gasteiger partial charge in [0.15, 0.2) is 9.84 Å². The summed E-state index contributed by atoms with van der Waals surface area (Å²) >= 11 is 6.26. The van der Waals surface area contributed by atoms with E-state index in [4.69, 9.17) is 11.6 Å². The van der Waals surface area contributed by atoms with Crippen molar-refractivity contribution in [3.05, 3.63) is 28.8 Å². The lowest BCUT2D eigenvalue weighted by Crippen LogP contribution is -2.40. The van der Waals surface area contributed by atoms with Gasteiger partial charge in [-0.3, -0.25) is 0 Å². The van der Waals surface area contributed by atoms with Gasteiger partial charge in [-0.1, -0.05) is 24.6 Å². The van der Waals surface area contributed by atoms with Crippen LogP contribution in [-0.2, 0) is 16.4 Å². The van der Waals surface area contributed by atoms with E-state index in [1.165, 1.54) is 0 Å². The summed E-state index contributed by atoms with van der Waals surface area (Å²) in [5.41, 5.74) is 2.09. The molecule has 4 nitrogen and oxygen atoms in total. The maximum Gasteiger partial charge on any atom is 0.153 e. The Bertz CT molecular complexity index is 532. The van der Waals surface area contributed by atoms with Gasteiger partial charge >= 0.3 is 0 Å². The van der Waals surface area contributed by atoms with E-state index in [0.717, 1.165) is 22.8 Å². The Morgan fingerprint density at radius 3 is 2.63 bits per heavy atom. The Morgan fingerprint density at radius 1 is 1.32 bits per heavy atom. The first-order valence-electron chi connectivity index (χ1n) is 6.47. The largest absolute Gasteiger partial charge is 0.369 e. The van der Waals surface area contributed by atoms with Crippen molar-refractivity contribution in [2.45, 2.75) is 13.5 Å². The van der Waals surface area contributed by atoms with Crippen LogP contribution in [0.15, 0.2) is 18.2 Å². The molecule has 1 heterocycles. The molecular formula is C13H19ClN2O2S. The minimum absolute atomic E-state index is 0.222. The molecule has 1 saturated heterocycles. The average molecular weight is 303 g/mol. The third-order valence-corrected chi connectivity index (χ3v) is 5.29. The summed E-state index contributed by atoms with van der Waals surface area (Å²) in [7, 11) is -2.85. The van der Waals surface area contributed by atoms with Gasteiger partial charge in [0, 0.05) is 35.9 Å². The monoisotopic (exact) mass is 302 g/mol. The van der Waals surface area contributed by atoms with Gasteiger partial charge in [0.2, 0.25) is 0 Å². The molecule has 1 fully saturated rings. The fraction of sp³-hybridized carbons (Fsp3) is 0.538. The zero-order valence-electron chi connectivity index (χ0n) is 11.0. The molecule has 1 aliphatic heterocycles. The van der Waals surface area contributed by atoms with Crippen molar-refractivity contribution in [1.82, 2.24) is 5.32 Å². The van der Waals surface area contributed by atoms with Crippen LogP contribution >= 0.6 is 11.6 Å². The van der Waals surface area contributed by atoms with Crippen molar-refractivity contribution in [2.24, 2.45) is 0 Å². The van der Waals surface area contributed by atoms with Gasteiger partial charge in [0.1, 0.15) is 0 Å². The van der Waals surface area contributed by atoms with Gasteiger partial charge in [0.25, 0.3) is 0 Å². The molecule has 1 aromatic rings. The van der Waals surface area contributed by atoms with Crippen molar-refractivity contribution in [3.8, 4) is 0 Å². The van der Waals surface area contributed by atoms with E-state index < -0.39 is 9.84 Å². The Kier molecular flexibility index (Phi) is 4.71. The minimum Gasteiger partial charge on any atom is -0.369 e. The summed E-state index contributed by atoms with van der Waals surface area (Å²) < 4.78 is 23.0. The smallest absolute Gasteiger partial charge is 0.153 e. The van der Waals surface area contributed by atoms with Crippen molar-refractivity contribution >= 4 is 27.1 Å². The van der Waals surface area contributed by atoms with Crippen LogP contribution in [0.25, 0.3) is 0 Å². The maximum absolute atomic E-state index is 11.5. The highest BCUT2D eigenvalue weighted by atomic mass is 35.5. The van der Waals surface area contributed by atoms with Gasteiger partial charge in [-0.25, -0.2) is 8.42 Å². The van der Waals surface area contributed by atoms with E-state index in [0.29, 0.717) is 19.6 Å². The van der Waals surface area contributed by atoms with Crippen molar-refractivity contribution in [1.29, 1.82) is 0 Å². The van der Waals surface area contributed by atoms with Crippen LogP contribution in [0.2, 0.25) is 5.02 Å². The van der Waals surface area contributed by atoms with Gasteiger partial charge in [-0.2, -0.15) is 0 Å². The second-order valence-corrected chi connectivity index (χ2v) is 7.37. The fourth-order valence-electron chi connectivity index (χ4n) is 2.22. The number of rotatable bonds is 4. The van der Waals surface area contributed by atoms with Gasteiger partial charge in [-0.05, 0) is 18.7 Å². The molecule has 0 spiro atoms. The van der Waals surface area contributed by atoms with Gasteiger partial charge in [-0.15, -0.1) is 0 Å². The quantitative estimate of drug-likeness (QED) is 0.919. The molecule has 6 heteroatoms. The number of hydrogen-bond donors (Lipinski definition) is 1. The van der Waals surface area contributed by atoms with Crippen molar-refractivity contribution < 1.29 is 8.42 Å². The third-order valence-electron chi connectivity index (χ3n) is 3.33. The lowest BCUT2D eigenvalue weighted by molar-refractivity contribution is 0.586. The van der Waals surface area contributed by atoms with Crippen molar-refractivity contribution in [3.63, 3.8) is 0 Å². The topological polar surface area (TPSA) is 49.4 Å². The molecule has 0 amide bonds. The second kappa shape index (κ2) is 6.11. The summed E-state index contributed by atoms with van der Waals surface area (Å²) in [4.78, 5) is 2.11. The number of benzene rings is 1. The van der Waals surface area contributed by atoms with Crippen LogP contribution in [0, 0.1) is 0 Å². The summed E-state index contributed by atoms with van der Waals surface area (Å²) in [5.74, 6) is 0.445. The normalized spacial score (nSPS) is 18.5. The first-order valence-corrected chi connectivity index (χ1v) is 8.67. The van der Waals surface area contributed by atoms with E-state index in [2.05, 4.69) is 10.2 Å². The number of halogens is 1. The average Bonchev–Trinajstić information content (AvgIpc) is 2.37. The predicted octanol–water partition coefficient (Wildman–Crippen LogP) is 1.68. The lowest BCUT2D eigenvalue weighted by atomic mass is 10.1. The van der Waals surface area contributed by atoms with E-state index >= 15 is 0 Å². The molecular weight excluding hydrogens is 284 g/mol. The SMILES string of the molecule is CCNCc1c(Cl)cccc1N1CCS(=O)(=O)CC1. The Hall–Kier alpha value is -0.780. The van der Waals surface area contributed by atoms with Gasteiger partial charge < -0.3 is 10.2 Å². The molecule has 19 heavy (non-hydrogen) atoms. The summed E-state index contributed by atoms with van der Waals surface area (Å²) in [6, 6.07) is 5.80. The molecule has 2 rings (SSSR count). The molecule has 1 aromatic carbocycles. The van der Waals surface area contributed by atoms with Crippen LogP contribution < -0.4 is 10.2 Å². The Morgan fingerprint density at radius 2 is 2.00 bits per heavy atom. The zero-order chi connectivity index (χ0) is 13.9. The molecule has 106 valence electrons. The fourth-order valence-corrected chi connectivity index (χ4v) is 3.66. The first-order chi connectivity index (χ1) is 9.03. The Labute approximate surface area is 119 Å². The summed E-state index contributed by atoms with van der Waals surface area (Å²) in [6.45, 7) is 4.71. The second-order valence-electron chi connectivity index (χ2n) is 4.66. The molecule has 0 saturated carbocycles. The number of nitrogens with one attached hydrogen (secondary N) is 1. The van der Waals surface area contributed by atoms with E-state index in [1.54, 1.807) is 0 Å². The highest BCUT2D eigenvalue weighted by molar-refractivity contribution is 7.91. The summed E-state index contributed by atoms with van der Waals surface area (Å²) in [5, 5.41) is 4.00. The van der Waals surface area contributed by atoms with E-state index in [-0.39, 0.29) is 11.5 Å². The van der Waals surface area contributed by atoms with Crippen LogP contribution in [0.1, 0.15) is 12.5 Å². The lowest BCUT2D eigenvalue weighted by Gasteiger charge is -2.31. The number of nitrogens with zero attached hydrogens (tertiary/aromatic N) is 1. The number of hydrogen-bond acceptors (Lipinski definition) is 4. The van der Waals surface area contributed by atoms with Crippen LogP contribution in [-0.4, -0.2) is 39.6 Å². The Balaban J connectivity index is 2.22. The van der Waals surface area contributed by atoms with E-state index in [9.17, 15) is 8.42 Å². The molecule has 0 unspecified atom stereocenters. The number of sulfone groups is 1. The standard InChI is InChI=1S/C13H19ClN2O2S/c1-2-15-10-11-12(14)4-3-5-13(11)16-6-8-19(17,18)9-7-16/h3-5,15H,2,6-10H2,1H3. The first kappa shape index (κ1) is 14.6. The molecule has 0 bridgehead atoms. The molecule has 1 N–H and O–H groups in total. The molecule has 0 atom stereocenters. The van der Waals surface area contributed by atoms with E-state index in [1.807, 2.05) is 25.1 Å². The summed E-state index contributed by atoms with van der Waals surface area (Å²) in [6.07, 6.45) is 0. The third kappa shape index (κ3) is 3.61. The maximum atomic E-state index is 11.5. The van der Waals surface area contributed by atoms with Crippen molar-refractivity contribution in [2.75, 3.05) is 36.0 Å². The van der Waals surface area contributed by atoms with Gasteiger partial charge in [0.05, 0.1) is 11.5 Å². The molecule has 1 aliphatic rings. The zero-order valence-corrected chi connectivity index (χ0v) is 12.6. The molecule has 0 aromatic heterocycles. The highest BCUT2D eigenvalue weighted by Crippen LogP contribution is 2.28. The number of anilines is 1. The van der Waals surface area contributed by atoms with Crippen LogP contribution in [0.5, 0.6) is 0 Å². The minimum atomic E-state index is -2.85.